The van der Waals surface area contributed by atoms with Gasteiger partial charge in [-0.15, -0.1) is 0 Å². The Morgan fingerprint density at radius 3 is 2.86 bits per heavy atom. The molecule has 1 atom stereocenters. The molecule has 1 fully saturated rings. The van der Waals surface area contributed by atoms with Crippen molar-refractivity contribution < 1.29 is 4.74 Å². The number of ether oxygens (including phenoxy) is 1. The minimum absolute atomic E-state index is 0.167. The Bertz CT molecular complexity index is 743. The molecule has 0 aromatic heterocycles. The van der Waals surface area contributed by atoms with Crippen LogP contribution in [0.25, 0.3) is 16.8 Å². The van der Waals surface area contributed by atoms with Crippen LogP contribution in [0.4, 0.5) is 0 Å². The van der Waals surface area contributed by atoms with Gasteiger partial charge in [-0.2, -0.15) is 0 Å². The fraction of sp³-hybridized carbons (Fsp3) is 0.400. The van der Waals surface area contributed by atoms with Crippen LogP contribution in [0.5, 0.6) is 0 Å². The van der Waals surface area contributed by atoms with Crippen molar-refractivity contribution in [3.8, 4) is 0 Å². The minimum Gasteiger partial charge on any atom is -0.371 e. The molecule has 0 amide bonds. The summed E-state index contributed by atoms with van der Waals surface area (Å²) in [6.45, 7) is 6.17. The van der Waals surface area contributed by atoms with Gasteiger partial charge in [0.25, 0.3) is 0 Å². The Kier molecular flexibility index (Phi) is 3.38. The molecule has 0 bridgehead atoms. The van der Waals surface area contributed by atoms with Gasteiger partial charge in [-0.05, 0) is 60.4 Å². The summed E-state index contributed by atoms with van der Waals surface area (Å²) in [6.07, 6.45) is 9.23. The zero-order valence-corrected chi connectivity index (χ0v) is 13.6. The zero-order chi connectivity index (χ0) is 15.2. The molecule has 2 heteroatoms. The summed E-state index contributed by atoms with van der Waals surface area (Å²) in [5.41, 5.74) is 4.52. The fourth-order valence-electron chi connectivity index (χ4n) is 3.81. The number of hydrogen-bond donors (Lipinski definition) is 0. The molecular formula is C20H23BO. The molecular weight excluding hydrogens is 267 g/mol. The number of hydrogen-bond acceptors (Lipinski definition) is 1. The molecule has 1 heterocycles. The molecule has 1 nitrogen and oxygen atoms in total. The number of rotatable bonds is 4. The van der Waals surface area contributed by atoms with Gasteiger partial charge in [-0.25, -0.2) is 0 Å². The first kappa shape index (κ1) is 14.1. The molecule has 1 aliphatic carbocycles. The number of allylic oxidation sites excluding steroid dienone is 1. The largest absolute Gasteiger partial charge is 0.371 e. The van der Waals surface area contributed by atoms with Gasteiger partial charge in [0, 0.05) is 0 Å². The van der Waals surface area contributed by atoms with E-state index < -0.39 is 0 Å². The van der Waals surface area contributed by atoms with Crippen molar-refractivity contribution in [2.24, 2.45) is 0 Å². The fourth-order valence-corrected chi connectivity index (χ4v) is 3.81. The van der Waals surface area contributed by atoms with E-state index in [0.29, 0.717) is 6.71 Å². The highest BCUT2D eigenvalue weighted by atomic mass is 16.6. The quantitative estimate of drug-likeness (QED) is 0.582. The first-order valence-electron chi connectivity index (χ1n) is 8.47. The summed E-state index contributed by atoms with van der Waals surface area (Å²) >= 11 is 0. The molecule has 1 aliphatic heterocycles. The highest BCUT2D eigenvalue weighted by molar-refractivity contribution is 6.57. The first-order chi connectivity index (χ1) is 10.6. The first-order valence-corrected chi connectivity index (χ1v) is 8.47. The summed E-state index contributed by atoms with van der Waals surface area (Å²) < 4.78 is 5.53. The monoisotopic (exact) mass is 290 g/mol. The molecule has 112 valence electrons. The number of fused-ring (bicyclic) bond motifs is 2. The maximum Gasteiger partial charge on any atom is 0.144 e. The van der Waals surface area contributed by atoms with Crippen molar-refractivity contribution >= 4 is 23.6 Å². The average molecular weight is 290 g/mol. The van der Waals surface area contributed by atoms with Crippen LogP contribution in [0, 0.1) is 0 Å². The molecule has 22 heavy (non-hydrogen) atoms. The minimum atomic E-state index is 0.167. The molecule has 2 aliphatic rings. The SMILES string of the molecule is CB(Cc1ccc2cc3c(cc2c1)C=CCC3)CC1(C)CO1. The third-order valence-electron chi connectivity index (χ3n) is 5.04. The van der Waals surface area contributed by atoms with Gasteiger partial charge in [0.1, 0.15) is 6.71 Å². The van der Waals surface area contributed by atoms with Crippen molar-refractivity contribution in [3.63, 3.8) is 0 Å². The number of epoxide rings is 1. The second-order valence-electron chi connectivity index (χ2n) is 7.43. The van der Waals surface area contributed by atoms with E-state index in [1.165, 1.54) is 40.3 Å². The van der Waals surface area contributed by atoms with E-state index >= 15 is 0 Å². The van der Waals surface area contributed by atoms with Gasteiger partial charge >= 0.3 is 0 Å². The smallest absolute Gasteiger partial charge is 0.144 e. The molecule has 0 saturated carbocycles. The zero-order valence-electron chi connectivity index (χ0n) is 13.6. The highest BCUT2D eigenvalue weighted by Gasteiger charge is 2.40. The Morgan fingerprint density at radius 2 is 2.05 bits per heavy atom. The van der Waals surface area contributed by atoms with E-state index in [0.717, 1.165) is 19.2 Å². The van der Waals surface area contributed by atoms with Gasteiger partial charge < -0.3 is 4.74 Å². The molecule has 2 aromatic rings. The lowest BCUT2D eigenvalue weighted by Crippen LogP contribution is -2.20. The van der Waals surface area contributed by atoms with Gasteiger partial charge in [-0.3, -0.25) is 0 Å². The molecule has 1 unspecified atom stereocenters. The second kappa shape index (κ2) is 5.28. The van der Waals surface area contributed by atoms with Crippen molar-refractivity contribution in [1.29, 1.82) is 0 Å². The molecule has 4 rings (SSSR count). The molecule has 0 radical (unpaired) electrons. The Balaban J connectivity index is 1.58. The summed E-state index contributed by atoms with van der Waals surface area (Å²) in [7, 11) is 0. The summed E-state index contributed by atoms with van der Waals surface area (Å²) in [6, 6.07) is 11.7. The summed E-state index contributed by atoms with van der Waals surface area (Å²) in [5, 5.41) is 2.76. The lowest BCUT2D eigenvalue weighted by molar-refractivity contribution is 0.342. The van der Waals surface area contributed by atoms with Crippen LogP contribution >= 0.6 is 0 Å². The summed E-state index contributed by atoms with van der Waals surface area (Å²) in [4.78, 5) is 0. The lowest BCUT2D eigenvalue weighted by Gasteiger charge is -2.14. The number of benzene rings is 2. The van der Waals surface area contributed by atoms with E-state index in [4.69, 9.17) is 4.74 Å². The van der Waals surface area contributed by atoms with E-state index in [2.05, 4.69) is 56.2 Å². The van der Waals surface area contributed by atoms with Gasteiger partial charge in [-0.1, -0.05) is 48.8 Å². The van der Waals surface area contributed by atoms with Gasteiger partial charge in [0.05, 0.1) is 12.2 Å². The molecule has 0 spiro atoms. The van der Waals surface area contributed by atoms with Crippen molar-refractivity contribution in [1.82, 2.24) is 0 Å². The van der Waals surface area contributed by atoms with E-state index in [1.54, 1.807) is 0 Å². The molecule has 0 N–H and O–H groups in total. The van der Waals surface area contributed by atoms with Crippen LogP contribution in [-0.4, -0.2) is 18.9 Å². The van der Waals surface area contributed by atoms with Crippen LogP contribution in [0.15, 0.2) is 36.4 Å². The molecule has 1 saturated heterocycles. The van der Waals surface area contributed by atoms with Crippen LogP contribution in [0.2, 0.25) is 13.1 Å². The molecule has 2 aromatic carbocycles. The van der Waals surface area contributed by atoms with Crippen LogP contribution in [-0.2, 0) is 17.5 Å². The van der Waals surface area contributed by atoms with Crippen LogP contribution in [0.3, 0.4) is 0 Å². The van der Waals surface area contributed by atoms with E-state index in [1.807, 2.05) is 0 Å². The normalized spacial score (nSPS) is 22.6. The Labute approximate surface area is 133 Å². The van der Waals surface area contributed by atoms with Crippen molar-refractivity contribution in [2.45, 2.75) is 44.8 Å². The average Bonchev–Trinajstić information content (AvgIpc) is 3.21. The predicted molar refractivity (Wildman–Crippen MR) is 95.8 cm³/mol. The highest BCUT2D eigenvalue weighted by Crippen LogP contribution is 2.33. The lowest BCUT2D eigenvalue weighted by atomic mass is 9.44. The van der Waals surface area contributed by atoms with Gasteiger partial charge in [0.2, 0.25) is 0 Å². The van der Waals surface area contributed by atoms with Crippen molar-refractivity contribution in [2.75, 3.05) is 6.61 Å². The standard InChI is InChI=1S/C20H23BO/c1-20(14-22-20)13-21(2)12-15-7-8-18-10-16-5-3-4-6-17(16)11-19(18)9-15/h4,6-11H,3,5,12-14H2,1-2H3. The van der Waals surface area contributed by atoms with Crippen LogP contribution in [0.1, 0.15) is 30.0 Å². The maximum atomic E-state index is 5.53. The predicted octanol–water partition coefficient (Wildman–Crippen LogP) is 4.79. The van der Waals surface area contributed by atoms with E-state index in [-0.39, 0.29) is 5.60 Å². The Morgan fingerprint density at radius 1 is 1.18 bits per heavy atom. The topological polar surface area (TPSA) is 12.5 Å². The number of aryl methyl sites for hydroxylation is 1. The van der Waals surface area contributed by atoms with E-state index in [9.17, 15) is 0 Å². The summed E-state index contributed by atoms with van der Waals surface area (Å²) in [5.74, 6) is 0. The van der Waals surface area contributed by atoms with Gasteiger partial charge in [0.15, 0.2) is 0 Å². The van der Waals surface area contributed by atoms with Crippen LogP contribution < -0.4 is 0 Å². The third-order valence-corrected chi connectivity index (χ3v) is 5.04. The maximum absolute atomic E-state index is 5.53. The second-order valence-corrected chi connectivity index (χ2v) is 7.43. The van der Waals surface area contributed by atoms with Crippen molar-refractivity contribution in [3.05, 3.63) is 53.1 Å². The Hall–Kier alpha value is -1.54. The third kappa shape index (κ3) is 2.85.